The van der Waals surface area contributed by atoms with Crippen LogP contribution in [0.25, 0.3) is 10.9 Å². The molecule has 0 saturated heterocycles. The van der Waals surface area contributed by atoms with Crippen LogP contribution in [0.5, 0.6) is 0 Å². The van der Waals surface area contributed by atoms with E-state index in [-0.39, 0.29) is 0 Å². The maximum absolute atomic E-state index is 6.00. The fourth-order valence-corrected chi connectivity index (χ4v) is 2.95. The van der Waals surface area contributed by atoms with Crippen molar-refractivity contribution in [3.05, 3.63) is 34.5 Å². The van der Waals surface area contributed by atoms with E-state index in [1.807, 2.05) is 0 Å². The maximum atomic E-state index is 6.00. The van der Waals surface area contributed by atoms with Gasteiger partial charge in [0.1, 0.15) is 0 Å². The lowest BCUT2D eigenvalue weighted by molar-refractivity contribution is 0.507. The van der Waals surface area contributed by atoms with Gasteiger partial charge in [-0.2, -0.15) is 0 Å². The molecule has 1 atom stereocenters. The van der Waals surface area contributed by atoms with Crippen LogP contribution in [0.3, 0.4) is 0 Å². The number of fused-ring (bicyclic) bond motifs is 1. The van der Waals surface area contributed by atoms with E-state index < -0.39 is 0 Å². The molecule has 0 bridgehead atoms. The Hall–Kier alpha value is -1.28. The second-order valence-electron chi connectivity index (χ2n) is 5.70. The van der Waals surface area contributed by atoms with E-state index in [0.29, 0.717) is 18.4 Å². The van der Waals surface area contributed by atoms with Crippen molar-refractivity contribution in [1.82, 2.24) is 4.98 Å². The minimum atomic E-state index is 0.430. The number of aryl methyl sites for hydroxylation is 3. The first kappa shape index (κ1) is 13.2. The minimum Gasteiger partial charge on any atom is -0.358 e. The van der Waals surface area contributed by atoms with Crippen LogP contribution in [0.2, 0.25) is 0 Å². The van der Waals surface area contributed by atoms with Gasteiger partial charge in [0.15, 0.2) is 0 Å². The summed E-state index contributed by atoms with van der Waals surface area (Å²) in [5.74, 6) is 0.992. The van der Waals surface area contributed by atoms with E-state index in [1.165, 1.54) is 33.3 Å². The Balaban J connectivity index is 2.78. The van der Waals surface area contributed by atoms with E-state index in [0.717, 1.165) is 0 Å². The molecule has 0 saturated carbocycles. The second kappa shape index (κ2) is 4.77. The Kier molecular flexibility index (Phi) is 3.49. The Bertz CT molecular complexity index is 564. The lowest BCUT2D eigenvalue weighted by Gasteiger charge is -2.20. The van der Waals surface area contributed by atoms with Crippen LogP contribution in [0, 0.1) is 26.7 Å². The third kappa shape index (κ3) is 1.95. The molecule has 1 aromatic heterocycles. The highest BCUT2D eigenvalue weighted by atomic mass is 14.7. The van der Waals surface area contributed by atoms with Gasteiger partial charge in [-0.15, -0.1) is 0 Å². The summed E-state index contributed by atoms with van der Waals surface area (Å²) in [7, 11) is 0. The van der Waals surface area contributed by atoms with Crippen molar-refractivity contribution in [2.75, 3.05) is 6.54 Å². The molecule has 2 aromatic rings. The van der Waals surface area contributed by atoms with Gasteiger partial charge in [-0.1, -0.05) is 26.0 Å². The normalized spacial score (nSPS) is 13.5. The number of aromatic amines is 1. The molecule has 1 unspecified atom stereocenters. The van der Waals surface area contributed by atoms with Gasteiger partial charge in [0, 0.05) is 22.5 Å². The van der Waals surface area contributed by atoms with Crippen LogP contribution < -0.4 is 5.73 Å². The SMILES string of the molecule is Cc1[nH]c2c(C)ccc(C)c2c1C(CN)C(C)C. The number of hydrogen-bond acceptors (Lipinski definition) is 1. The molecule has 2 rings (SSSR count). The average molecular weight is 244 g/mol. The number of hydrogen-bond donors (Lipinski definition) is 2. The summed E-state index contributed by atoms with van der Waals surface area (Å²) < 4.78 is 0. The summed E-state index contributed by atoms with van der Waals surface area (Å²) >= 11 is 0. The van der Waals surface area contributed by atoms with Crippen molar-refractivity contribution in [3.8, 4) is 0 Å². The highest BCUT2D eigenvalue weighted by molar-refractivity contribution is 5.90. The molecule has 1 aromatic carbocycles. The fourth-order valence-electron chi connectivity index (χ4n) is 2.95. The van der Waals surface area contributed by atoms with Crippen molar-refractivity contribution in [2.24, 2.45) is 11.7 Å². The number of nitrogens with two attached hydrogens (primary N) is 1. The van der Waals surface area contributed by atoms with Crippen LogP contribution in [0.1, 0.15) is 42.1 Å². The highest BCUT2D eigenvalue weighted by Gasteiger charge is 2.22. The van der Waals surface area contributed by atoms with Gasteiger partial charge in [-0.25, -0.2) is 0 Å². The molecule has 18 heavy (non-hydrogen) atoms. The predicted octanol–water partition coefficient (Wildman–Crippen LogP) is 3.79. The number of aromatic nitrogens is 1. The first-order chi connectivity index (χ1) is 8.47. The third-order valence-corrected chi connectivity index (χ3v) is 4.04. The number of nitrogens with one attached hydrogen (secondary N) is 1. The lowest BCUT2D eigenvalue weighted by Crippen LogP contribution is -2.18. The van der Waals surface area contributed by atoms with Gasteiger partial charge in [0.25, 0.3) is 0 Å². The van der Waals surface area contributed by atoms with Crippen molar-refractivity contribution in [1.29, 1.82) is 0 Å². The quantitative estimate of drug-likeness (QED) is 0.847. The van der Waals surface area contributed by atoms with Gasteiger partial charge in [-0.3, -0.25) is 0 Å². The van der Waals surface area contributed by atoms with Gasteiger partial charge >= 0.3 is 0 Å². The highest BCUT2D eigenvalue weighted by Crippen LogP contribution is 2.35. The predicted molar refractivity (Wildman–Crippen MR) is 79.1 cm³/mol. The molecule has 0 aliphatic rings. The molecule has 3 N–H and O–H groups in total. The molecular weight excluding hydrogens is 220 g/mol. The van der Waals surface area contributed by atoms with Crippen LogP contribution in [-0.2, 0) is 0 Å². The molecule has 0 fully saturated rings. The summed E-state index contributed by atoms with van der Waals surface area (Å²) in [5.41, 5.74) is 12.6. The Morgan fingerprint density at radius 2 is 1.72 bits per heavy atom. The summed E-state index contributed by atoms with van der Waals surface area (Å²) in [6, 6.07) is 4.40. The maximum Gasteiger partial charge on any atom is 0.0491 e. The topological polar surface area (TPSA) is 41.8 Å². The zero-order valence-corrected chi connectivity index (χ0v) is 12.1. The molecular formula is C16H24N2. The van der Waals surface area contributed by atoms with E-state index >= 15 is 0 Å². The number of rotatable bonds is 3. The fraction of sp³-hybridized carbons (Fsp3) is 0.500. The van der Waals surface area contributed by atoms with Crippen molar-refractivity contribution in [2.45, 2.75) is 40.5 Å². The summed E-state index contributed by atoms with van der Waals surface area (Å²) in [5, 5.41) is 1.39. The van der Waals surface area contributed by atoms with E-state index in [9.17, 15) is 0 Å². The summed E-state index contributed by atoms with van der Waals surface area (Å²) in [6.45, 7) is 11.7. The van der Waals surface area contributed by atoms with Crippen LogP contribution in [0.15, 0.2) is 12.1 Å². The Morgan fingerprint density at radius 1 is 1.11 bits per heavy atom. The molecule has 0 radical (unpaired) electrons. The molecule has 0 spiro atoms. The molecule has 0 amide bonds. The lowest BCUT2D eigenvalue weighted by atomic mass is 9.85. The summed E-state index contributed by atoms with van der Waals surface area (Å²) in [4.78, 5) is 3.55. The molecule has 1 heterocycles. The van der Waals surface area contributed by atoms with Crippen molar-refractivity contribution >= 4 is 10.9 Å². The monoisotopic (exact) mass is 244 g/mol. The molecule has 0 aliphatic heterocycles. The van der Waals surface area contributed by atoms with Gasteiger partial charge < -0.3 is 10.7 Å². The van der Waals surface area contributed by atoms with Crippen molar-refractivity contribution in [3.63, 3.8) is 0 Å². The zero-order valence-electron chi connectivity index (χ0n) is 12.1. The van der Waals surface area contributed by atoms with Gasteiger partial charge in [0.05, 0.1) is 0 Å². The molecule has 0 aliphatic carbocycles. The smallest absolute Gasteiger partial charge is 0.0491 e. The molecule has 98 valence electrons. The standard InChI is InChI=1S/C16H24N2/c1-9(2)13(8-17)15-12(5)18-16-11(4)7-6-10(3)14(15)16/h6-7,9,13,18H,8,17H2,1-5H3. The van der Waals surface area contributed by atoms with Crippen molar-refractivity contribution < 1.29 is 0 Å². The number of benzene rings is 1. The average Bonchev–Trinajstić information content (AvgIpc) is 2.64. The Labute approximate surface area is 110 Å². The van der Waals surface area contributed by atoms with Gasteiger partial charge in [-0.05, 0) is 49.9 Å². The molecule has 2 heteroatoms. The second-order valence-corrected chi connectivity index (χ2v) is 5.70. The summed E-state index contributed by atoms with van der Waals surface area (Å²) in [6.07, 6.45) is 0. The Morgan fingerprint density at radius 3 is 2.28 bits per heavy atom. The first-order valence-electron chi connectivity index (χ1n) is 6.75. The van der Waals surface area contributed by atoms with E-state index in [4.69, 9.17) is 5.73 Å². The minimum absolute atomic E-state index is 0.430. The third-order valence-electron chi connectivity index (χ3n) is 4.04. The van der Waals surface area contributed by atoms with Crippen LogP contribution >= 0.6 is 0 Å². The molecule has 2 nitrogen and oxygen atoms in total. The number of H-pyrrole nitrogens is 1. The zero-order chi connectivity index (χ0) is 13.4. The van der Waals surface area contributed by atoms with E-state index in [2.05, 4.69) is 51.7 Å². The van der Waals surface area contributed by atoms with E-state index in [1.54, 1.807) is 0 Å². The van der Waals surface area contributed by atoms with Crippen LogP contribution in [0.4, 0.5) is 0 Å². The van der Waals surface area contributed by atoms with Crippen LogP contribution in [-0.4, -0.2) is 11.5 Å². The largest absolute Gasteiger partial charge is 0.358 e. The van der Waals surface area contributed by atoms with Gasteiger partial charge in [0.2, 0.25) is 0 Å². The first-order valence-corrected chi connectivity index (χ1v) is 6.75.